The Labute approximate surface area is 165 Å². The maximum atomic E-state index is 12.7. The predicted molar refractivity (Wildman–Crippen MR) is 106 cm³/mol. The first-order valence-electron chi connectivity index (χ1n) is 9.21. The van der Waals surface area contributed by atoms with Crippen molar-refractivity contribution in [3.05, 3.63) is 17.2 Å². The number of hydrogen-bond acceptors (Lipinski definition) is 4. The molecule has 27 heavy (non-hydrogen) atoms. The molecule has 7 nitrogen and oxygen atoms in total. The van der Waals surface area contributed by atoms with E-state index in [0.29, 0.717) is 48.4 Å². The molecule has 0 radical (unpaired) electrons. The molecule has 1 aliphatic rings. The third-order valence-corrected chi connectivity index (χ3v) is 5.14. The van der Waals surface area contributed by atoms with Crippen LogP contribution in [-0.2, 0) is 4.79 Å². The van der Waals surface area contributed by atoms with Gasteiger partial charge in [-0.2, -0.15) is 0 Å². The van der Waals surface area contributed by atoms with E-state index >= 15 is 0 Å². The molecular formula is C19H28ClN3O4. The van der Waals surface area contributed by atoms with Crippen molar-refractivity contribution in [2.75, 3.05) is 45.7 Å². The molecule has 1 aromatic carbocycles. The molecule has 1 unspecified atom stereocenters. The van der Waals surface area contributed by atoms with Gasteiger partial charge in [0, 0.05) is 32.2 Å². The lowest BCUT2D eigenvalue weighted by Gasteiger charge is -2.34. The van der Waals surface area contributed by atoms with Crippen LogP contribution in [0.2, 0.25) is 5.02 Å². The van der Waals surface area contributed by atoms with Crippen LogP contribution in [0.5, 0.6) is 11.5 Å². The summed E-state index contributed by atoms with van der Waals surface area (Å²) in [6.45, 7) is 6.31. The minimum absolute atomic E-state index is 0.113. The summed E-state index contributed by atoms with van der Waals surface area (Å²) in [5.41, 5.74) is 0.463. The van der Waals surface area contributed by atoms with Crippen molar-refractivity contribution in [1.82, 2.24) is 9.80 Å². The zero-order chi connectivity index (χ0) is 20.0. The van der Waals surface area contributed by atoms with Gasteiger partial charge in [-0.25, -0.2) is 4.79 Å². The van der Waals surface area contributed by atoms with E-state index in [0.717, 1.165) is 12.8 Å². The standard InChI is InChI=1S/C19H28ClN3O4/c1-5-22(6-2)18(24)13-8-7-9-23(12-13)19(25)21-15-10-14(20)16(26-3)11-17(15)27-4/h10-11,13H,5-9,12H2,1-4H3,(H,21,25). The number of anilines is 1. The molecule has 0 aromatic heterocycles. The van der Waals surface area contributed by atoms with Crippen molar-refractivity contribution in [1.29, 1.82) is 0 Å². The van der Waals surface area contributed by atoms with Crippen molar-refractivity contribution in [2.24, 2.45) is 5.92 Å². The molecule has 1 aliphatic heterocycles. The highest BCUT2D eigenvalue weighted by Crippen LogP contribution is 2.36. The maximum Gasteiger partial charge on any atom is 0.321 e. The number of benzene rings is 1. The molecule has 1 heterocycles. The number of methoxy groups -OCH3 is 2. The molecule has 0 aliphatic carbocycles. The third-order valence-electron chi connectivity index (χ3n) is 4.85. The minimum Gasteiger partial charge on any atom is -0.495 e. The molecule has 150 valence electrons. The molecule has 1 aromatic rings. The van der Waals surface area contributed by atoms with Gasteiger partial charge in [0.15, 0.2) is 0 Å². The van der Waals surface area contributed by atoms with Gasteiger partial charge in [0.1, 0.15) is 11.5 Å². The molecule has 8 heteroatoms. The van der Waals surface area contributed by atoms with Crippen molar-refractivity contribution in [2.45, 2.75) is 26.7 Å². The van der Waals surface area contributed by atoms with Crippen molar-refractivity contribution >= 4 is 29.2 Å². The Bertz CT molecular complexity index is 679. The van der Waals surface area contributed by atoms with Crippen molar-refractivity contribution in [3.63, 3.8) is 0 Å². The van der Waals surface area contributed by atoms with Crippen LogP contribution in [0.4, 0.5) is 10.5 Å². The Morgan fingerprint density at radius 2 is 1.89 bits per heavy atom. The summed E-state index contributed by atoms with van der Waals surface area (Å²) in [4.78, 5) is 28.8. The summed E-state index contributed by atoms with van der Waals surface area (Å²) in [6.07, 6.45) is 1.60. The summed E-state index contributed by atoms with van der Waals surface area (Å²) in [5, 5.41) is 3.21. The van der Waals surface area contributed by atoms with E-state index in [1.54, 1.807) is 17.0 Å². The van der Waals surface area contributed by atoms with Gasteiger partial charge < -0.3 is 24.6 Å². The van der Waals surface area contributed by atoms with E-state index in [1.807, 2.05) is 18.7 Å². The van der Waals surface area contributed by atoms with E-state index in [4.69, 9.17) is 21.1 Å². The van der Waals surface area contributed by atoms with E-state index in [-0.39, 0.29) is 17.9 Å². The molecule has 0 bridgehead atoms. The van der Waals surface area contributed by atoms with Gasteiger partial charge in [-0.05, 0) is 32.8 Å². The number of nitrogens with one attached hydrogen (secondary N) is 1. The third kappa shape index (κ3) is 4.97. The topological polar surface area (TPSA) is 71.1 Å². The van der Waals surface area contributed by atoms with Crippen LogP contribution in [0.25, 0.3) is 0 Å². The summed E-state index contributed by atoms with van der Waals surface area (Å²) < 4.78 is 10.5. The Kier molecular flexibility index (Phi) is 7.59. The highest BCUT2D eigenvalue weighted by Gasteiger charge is 2.30. The number of ether oxygens (including phenoxy) is 2. The van der Waals surface area contributed by atoms with Crippen LogP contribution in [0.3, 0.4) is 0 Å². The van der Waals surface area contributed by atoms with Crippen LogP contribution in [0.1, 0.15) is 26.7 Å². The molecule has 2 rings (SSSR count). The summed E-state index contributed by atoms with van der Waals surface area (Å²) in [6, 6.07) is 2.95. The number of nitrogens with zero attached hydrogens (tertiary/aromatic N) is 2. The second kappa shape index (κ2) is 9.69. The van der Waals surface area contributed by atoms with E-state index in [2.05, 4.69) is 5.32 Å². The van der Waals surface area contributed by atoms with E-state index in [1.165, 1.54) is 14.2 Å². The van der Waals surface area contributed by atoms with Crippen LogP contribution in [0, 0.1) is 5.92 Å². The van der Waals surface area contributed by atoms with Crippen LogP contribution >= 0.6 is 11.6 Å². The number of urea groups is 1. The van der Waals surface area contributed by atoms with Gasteiger partial charge in [-0.3, -0.25) is 4.79 Å². The molecule has 1 fully saturated rings. The highest BCUT2D eigenvalue weighted by atomic mass is 35.5. The zero-order valence-corrected chi connectivity index (χ0v) is 17.1. The number of amides is 3. The Balaban J connectivity index is 2.09. The zero-order valence-electron chi connectivity index (χ0n) is 16.4. The fourth-order valence-electron chi connectivity index (χ4n) is 3.31. The lowest BCUT2D eigenvalue weighted by Crippen LogP contribution is -2.48. The van der Waals surface area contributed by atoms with E-state index < -0.39 is 0 Å². The van der Waals surface area contributed by atoms with Crippen LogP contribution in [-0.4, -0.2) is 62.1 Å². The van der Waals surface area contributed by atoms with Crippen LogP contribution in [0.15, 0.2) is 12.1 Å². The monoisotopic (exact) mass is 397 g/mol. The van der Waals surface area contributed by atoms with Gasteiger partial charge in [0.2, 0.25) is 5.91 Å². The number of likely N-dealkylation sites (tertiary alicyclic amines) is 1. The van der Waals surface area contributed by atoms with Gasteiger partial charge in [0.25, 0.3) is 0 Å². The fraction of sp³-hybridized carbons (Fsp3) is 0.579. The van der Waals surface area contributed by atoms with E-state index in [9.17, 15) is 9.59 Å². The number of carbonyl (C=O) groups is 2. The first-order valence-corrected chi connectivity index (χ1v) is 9.59. The first kappa shape index (κ1) is 21.2. The molecule has 1 saturated heterocycles. The second-order valence-electron chi connectivity index (χ2n) is 6.41. The Morgan fingerprint density at radius 3 is 2.48 bits per heavy atom. The molecule has 1 N–H and O–H groups in total. The highest BCUT2D eigenvalue weighted by molar-refractivity contribution is 6.32. The number of hydrogen-bond donors (Lipinski definition) is 1. The fourth-order valence-corrected chi connectivity index (χ4v) is 3.55. The van der Waals surface area contributed by atoms with Gasteiger partial charge in [-0.1, -0.05) is 11.6 Å². The molecular weight excluding hydrogens is 370 g/mol. The normalized spacial score (nSPS) is 16.6. The van der Waals surface area contributed by atoms with Crippen LogP contribution < -0.4 is 14.8 Å². The lowest BCUT2D eigenvalue weighted by molar-refractivity contribution is -0.136. The molecule has 0 saturated carbocycles. The average molecular weight is 398 g/mol. The molecule has 0 spiro atoms. The Hall–Kier alpha value is -2.15. The largest absolute Gasteiger partial charge is 0.495 e. The smallest absolute Gasteiger partial charge is 0.321 e. The number of piperidine rings is 1. The predicted octanol–water partition coefficient (Wildman–Crippen LogP) is 3.47. The Morgan fingerprint density at radius 1 is 1.22 bits per heavy atom. The average Bonchev–Trinajstić information content (AvgIpc) is 2.69. The first-order chi connectivity index (χ1) is 12.9. The molecule has 1 atom stereocenters. The lowest BCUT2D eigenvalue weighted by atomic mass is 9.96. The van der Waals surface area contributed by atoms with Crippen molar-refractivity contribution < 1.29 is 19.1 Å². The number of rotatable bonds is 6. The van der Waals surface area contributed by atoms with Gasteiger partial charge in [-0.15, -0.1) is 0 Å². The summed E-state index contributed by atoms with van der Waals surface area (Å²) >= 11 is 6.16. The van der Waals surface area contributed by atoms with Gasteiger partial charge >= 0.3 is 6.03 Å². The molecule has 3 amide bonds. The number of carbonyl (C=O) groups excluding carboxylic acids is 2. The SMILES string of the molecule is CCN(CC)C(=O)C1CCCN(C(=O)Nc2cc(Cl)c(OC)cc2OC)C1. The summed E-state index contributed by atoms with van der Waals surface area (Å²) in [5.74, 6) is 0.875. The van der Waals surface area contributed by atoms with Crippen molar-refractivity contribution in [3.8, 4) is 11.5 Å². The minimum atomic E-state index is -0.272. The van der Waals surface area contributed by atoms with Gasteiger partial charge in [0.05, 0.1) is 30.8 Å². The number of halogens is 1. The second-order valence-corrected chi connectivity index (χ2v) is 6.82. The quantitative estimate of drug-likeness (QED) is 0.797. The summed E-state index contributed by atoms with van der Waals surface area (Å²) in [7, 11) is 3.03. The maximum absolute atomic E-state index is 12.7.